The number of pyridine rings is 2. The van der Waals surface area contributed by atoms with Crippen LogP contribution in [0, 0.1) is 0 Å². The van der Waals surface area contributed by atoms with Gasteiger partial charge in [0.2, 0.25) is 11.8 Å². The number of halogens is 1. The summed E-state index contributed by atoms with van der Waals surface area (Å²) >= 11 is 11.6. The van der Waals surface area contributed by atoms with Crippen LogP contribution in [0.2, 0.25) is 5.02 Å². The zero-order chi connectivity index (χ0) is 24.8. The van der Waals surface area contributed by atoms with E-state index in [-0.39, 0.29) is 28.3 Å². The van der Waals surface area contributed by atoms with E-state index in [9.17, 15) is 4.79 Å². The summed E-state index contributed by atoms with van der Waals surface area (Å²) in [7, 11) is 3.11. The molecule has 1 amide bonds. The molecule has 2 N–H and O–H groups in total. The molecule has 0 saturated carbocycles. The van der Waals surface area contributed by atoms with Gasteiger partial charge in [-0.15, -0.1) is 0 Å². The van der Waals surface area contributed by atoms with Crippen molar-refractivity contribution < 1.29 is 19.0 Å². The molecule has 2 aromatic heterocycles. The number of hydrogen-bond donors (Lipinski definition) is 2. The molecule has 0 radical (unpaired) electrons. The van der Waals surface area contributed by atoms with Crippen LogP contribution in [-0.2, 0) is 11.2 Å². The zero-order valence-corrected chi connectivity index (χ0v) is 20.4. The Bertz CT molecular complexity index is 1390. The number of carbonyl (C=O) groups excluding carboxylic acids is 1. The highest BCUT2D eigenvalue weighted by Crippen LogP contribution is 2.38. The molecule has 0 aliphatic heterocycles. The predicted octanol–water partition coefficient (Wildman–Crippen LogP) is 5.15. The van der Waals surface area contributed by atoms with Crippen molar-refractivity contribution in [2.45, 2.75) is 6.42 Å². The number of rotatable bonds is 7. The lowest BCUT2D eigenvalue weighted by atomic mass is 10.1. The number of anilines is 1. The maximum absolute atomic E-state index is 12.2. The Labute approximate surface area is 212 Å². The van der Waals surface area contributed by atoms with Crippen molar-refractivity contribution in [2.75, 3.05) is 19.5 Å². The topological polar surface area (TPSA) is 94.6 Å². The van der Waals surface area contributed by atoms with Gasteiger partial charge in [-0.3, -0.25) is 9.78 Å². The predicted molar refractivity (Wildman–Crippen MR) is 139 cm³/mol. The Morgan fingerprint density at radius 2 is 1.74 bits per heavy atom. The van der Waals surface area contributed by atoms with Crippen molar-refractivity contribution in [1.82, 2.24) is 15.3 Å². The van der Waals surface area contributed by atoms with Gasteiger partial charge in [-0.25, -0.2) is 4.98 Å². The standard InChI is InChI=1S/C25H21ClN4O4S/c1-32-21-12-17-19(13-22(21)33-2)27-9-8-20(17)34-24-18(26)11-16(14-28-24)29-25(35)30-23(31)10-15-6-4-3-5-7-15/h3-9,11-14H,10H2,1-2H3,(H2,29,30,31,35). The van der Waals surface area contributed by atoms with Crippen LogP contribution in [0.3, 0.4) is 0 Å². The number of carbonyl (C=O) groups is 1. The number of nitrogens with zero attached hydrogens (tertiary/aromatic N) is 2. The Kier molecular flexibility index (Phi) is 7.59. The molecule has 10 heteroatoms. The Morgan fingerprint density at radius 1 is 1.00 bits per heavy atom. The molecule has 35 heavy (non-hydrogen) atoms. The molecule has 0 aliphatic rings. The first kappa shape index (κ1) is 24.2. The highest BCUT2D eigenvalue weighted by molar-refractivity contribution is 7.80. The highest BCUT2D eigenvalue weighted by Gasteiger charge is 2.14. The summed E-state index contributed by atoms with van der Waals surface area (Å²) in [5.74, 6) is 1.56. The van der Waals surface area contributed by atoms with E-state index < -0.39 is 0 Å². The minimum Gasteiger partial charge on any atom is -0.493 e. The first-order valence-electron chi connectivity index (χ1n) is 10.5. The quantitative estimate of drug-likeness (QED) is 0.331. The van der Waals surface area contributed by atoms with Gasteiger partial charge in [0, 0.05) is 17.6 Å². The van der Waals surface area contributed by atoms with E-state index in [0.29, 0.717) is 33.8 Å². The van der Waals surface area contributed by atoms with E-state index in [1.165, 1.54) is 6.20 Å². The fraction of sp³-hybridized carbons (Fsp3) is 0.120. The van der Waals surface area contributed by atoms with Crippen molar-refractivity contribution in [3.8, 4) is 23.1 Å². The summed E-state index contributed by atoms with van der Waals surface area (Å²) in [5.41, 5.74) is 2.04. The smallest absolute Gasteiger partial charge is 0.238 e. The minimum atomic E-state index is -0.232. The van der Waals surface area contributed by atoms with E-state index in [1.54, 1.807) is 44.7 Å². The molecule has 4 rings (SSSR count). The monoisotopic (exact) mass is 508 g/mol. The molecule has 0 unspecified atom stereocenters. The van der Waals surface area contributed by atoms with Gasteiger partial charge >= 0.3 is 0 Å². The lowest BCUT2D eigenvalue weighted by Crippen LogP contribution is -2.35. The van der Waals surface area contributed by atoms with Gasteiger partial charge in [0.15, 0.2) is 16.6 Å². The minimum absolute atomic E-state index is 0.138. The van der Waals surface area contributed by atoms with Gasteiger partial charge in [0.25, 0.3) is 0 Å². The molecule has 0 fully saturated rings. The van der Waals surface area contributed by atoms with Crippen molar-refractivity contribution in [1.29, 1.82) is 0 Å². The van der Waals surface area contributed by atoms with Crippen LogP contribution < -0.4 is 24.8 Å². The third-order valence-electron chi connectivity index (χ3n) is 4.94. The molecular weight excluding hydrogens is 488 g/mol. The van der Waals surface area contributed by atoms with Crippen molar-refractivity contribution in [3.05, 3.63) is 77.6 Å². The molecule has 0 spiro atoms. The van der Waals surface area contributed by atoms with Crippen LogP contribution in [0.5, 0.6) is 23.1 Å². The second-order valence-electron chi connectivity index (χ2n) is 7.31. The first-order chi connectivity index (χ1) is 17.0. The van der Waals surface area contributed by atoms with Gasteiger partial charge < -0.3 is 24.8 Å². The van der Waals surface area contributed by atoms with E-state index in [2.05, 4.69) is 20.6 Å². The van der Waals surface area contributed by atoms with E-state index in [1.807, 2.05) is 30.3 Å². The van der Waals surface area contributed by atoms with E-state index in [4.69, 9.17) is 38.0 Å². The molecule has 178 valence electrons. The number of aromatic nitrogens is 2. The average molecular weight is 509 g/mol. The molecular formula is C25H21ClN4O4S. The van der Waals surface area contributed by atoms with Crippen molar-refractivity contribution in [2.24, 2.45) is 0 Å². The van der Waals surface area contributed by atoms with Crippen molar-refractivity contribution in [3.63, 3.8) is 0 Å². The molecule has 2 heterocycles. The number of ether oxygens (including phenoxy) is 3. The van der Waals surface area contributed by atoms with Crippen LogP contribution >= 0.6 is 23.8 Å². The van der Waals surface area contributed by atoms with Crippen molar-refractivity contribution >= 4 is 51.4 Å². The molecule has 2 aromatic carbocycles. The molecule has 0 atom stereocenters. The van der Waals surface area contributed by atoms with Gasteiger partial charge in [0.1, 0.15) is 10.8 Å². The van der Waals surface area contributed by atoms with Crippen LogP contribution in [-0.4, -0.2) is 35.2 Å². The number of amides is 1. The summed E-state index contributed by atoms with van der Waals surface area (Å²) in [6, 6.07) is 16.2. The number of thiocarbonyl (C=S) groups is 1. The molecule has 8 nitrogen and oxygen atoms in total. The third kappa shape index (κ3) is 5.95. The second kappa shape index (κ2) is 11.0. The number of fused-ring (bicyclic) bond motifs is 1. The molecule has 4 aromatic rings. The summed E-state index contributed by atoms with van der Waals surface area (Å²) in [6.45, 7) is 0. The van der Waals surface area contributed by atoms with E-state index in [0.717, 1.165) is 5.56 Å². The fourth-order valence-corrected chi connectivity index (χ4v) is 3.76. The third-order valence-corrected chi connectivity index (χ3v) is 5.41. The summed E-state index contributed by atoms with van der Waals surface area (Å²) in [4.78, 5) is 20.9. The largest absolute Gasteiger partial charge is 0.493 e. The Balaban J connectivity index is 1.45. The average Bonchev–Trinajstić information content (AvgIpc) is 2.85. The Morgan fingerprint density at radius 3 is 2.46 bits per heavy atom. The number of nitrogens with one attached hydrogen (secondary N) is 2. The Hall–Kier alpha value is -3.95. The van der Waals surface area contributed by atoms with Gasteiger partial charge in [-0.05, 0) is 36.0 Å². The first-order valence-corrected chi connectivity index (χ1v) is 11.2. The van der Waals surface area contributed by atoms with Gasteiger partial charge in [-0.2, -0.15) is 0 Å². The zero-order valence-electron chi connectivity index (χ0n) is 18.9. The number of methoxy groups -OCH3 is 2. The molecule has 0 aliphatic carbocycles. The van der Waals surface area contributed by atoms with Gasteiger partial charge in [-0.1, -0.05) is 41.9 Å². The normalized spacial score (nSPS) is 10.5. The fourth-order valence-electron chi connectivity index (χ4n) is 3.32. The molecule has 0 saturated heterocycles. The summed E-state index contributed by atoms with van der Waals surface area (Å²) in [6.07, 6.45) is 3.33. The summed E-state index contributed by atoms with van der Waals surface area (Å²) < 4.78 is 16.7. The van der Waals surface area contributed by atoms with Crippen LogP contribution in [0.15, 0.2) is 67.0 Å². The van der Waals surface area contributed by atoms with Crippen LogP contribution in [0.1, 0.15) is 5.56 Å². The maximum atomic E-state index is 12.2. The SMILES string of the molecule is COc1cc2nccc(Oc3ncc(NC(=S)NC(=O)Cc4ccccc4)cc3Cl)c2cc1OC. The lowest BCUT2D eigenvalue weighted by Gasteiger charge is -2.13. The highest BCUT2D eigenvalue weighted by atomic mass is 35.5. The van der Waals surface area contributed by atoms with E-state index >= 15 is 0 Å². The molecule has 0 bridgehead atoms. The second-order valence-corrected chi connectivity index (χ2v) is 8.13. The lowest BCUT2D eigenvalue weighted by molar-refractivity contribution is -0.119. The van der Waals surface area contributed by atoms with Gasteiger partial charge in [0.05, 0.1) is 38.0 Å². The van der Waals surface area contributed by atoms with Crippen LogP contribution in [0.25, 0.3) is 10.9 Å². The summed E-state index contributed by atoms with van der Waals surface area (Å²) in [5, 5.41) is 6.63. The number of benzene rings is 2. The number of hydrogen-bond acceptors (Lipinski definition) is 7. The van der Waals surface area contributed by atoms with Crippen LogP contribution in [0.4, 0.5) is 5.69 Å². The maximum Gasteiger partial charge on any atom is 0.238 e.